The van der Waals surface area contributed by atoms with E-state index >= 15 is 0 Å². The summed E-state index contributed by atoms with van der Waals surface area (Å²) in [6.45, 7) is 6.73. The Morgan fingerprint density at radius 2 is 2.29 bits per heavy atom. The molecule has 0 amide bonds. The van der Waals surface area contributed by atoms with Gasteiger partial charge in [0, 0.05) is 19.7 Å². The van der Waals surface area contributed by atoms with Gasteiger partial charge in [0.1, 0.15) is 5.41 Å². The van der Waals surface area contributed by atoms with Gasteiger partial charge in [-0.25, -0.2) is 0 Å². The van der Waals surface area contributed by atoms with Crippen molar-refractivity contribution in [1.29, 1.82) is 0 Å². The predicted octanol–water partition coefficient (Wildman–Crippen LogP) is 0.835. The molecule has 5 heteroatoms. The van der Waals surface area contributed by atoms with Crippen LogP contribution in [-0.2, 0) is 14.3 Å². The van der Waals surface area contributed by atoms with E-state index in [9.17, 15) is 9.90 Å². The van der Waals surface area contributed by atoms with Crippen LogP contribution in [0.1, 0.15) is 20.3 Å². The molecule has 17 heavy (non-hydrogen) atoms. The number of aliphatic carboxylic acids is 1. The highest BCUT2D eigenvalue weighted by Gasteiger charge is 2.43. The molecular formula is C12H23NO4. The largest absolute Gasteiger partial charge is 0.481 e. The molecule has 1 N–H and O–H groups in total. The van der Waals surface area contributed by atoms with E-state index in [4.69, 9.17) is 9.47 Å². The van der Waals surface area contributed by atoms with Crippen molar-refractivity contribution >= 4 is 5.97 Å². The molecule has 1 fully saturated rings. The summed E-state index contributed by atoms with van der Waals surface area (Å²) < 4.78 is 10.7. The molecule has 0 spiro atoms. The van der Waals surface area contributed by atoms with Crippen molar-refractivity contribution in [2.24, 2.45) is 5.41 Å². The van der Waals surface area contributed by atoms with Crippen molar-refractivity contribution < 1.29 is 19.4 Å². The summed E-state index contributed by atoms with van der Waals surface area (Å²) >= 11 is 0. The maximum Gasteiger partial charge on any atom is 0.313 e. The smallest absolute Gasteiger partial charge is 0.313 e. The number of hydrogen-bond acceptors (Lipinski definition) is 4. The summed E-state index contributed by atoms with van der Waals surface area (Å²) in [5.74, 6) is -0.758. The summed E-state index contributed by atoms with van der Waals surface area (Å²) in [4.78, 5) is 13.3. The minimum atomic E-state index is -0.758. The average Bonchev–Trinajstić information content (AvgIpc) is 2.66. The number of carboxylic acids is 1. The van der Waals surface area contributed by atoms with Gasteiger partial charge in [0.15, 0.2) is 0 Å². The second-order valence-corrected chi connectivity index (χ2v) is 5.05. The fraction of sp³-hybridized carbons (Fsp3) is 0.917. The molecule has 0 aliphatic carbocycles. The standard InChI is InChI=1S/C12H23NO4/c1-10(2)17-7-5-13(3)8-12(11(14)15)4-6-16-9-12/h10H,4-9H2,1-3H3,(H,14,15). The van der Waals surface area contributed by atoms with Gasteiger partial charge < -0.3 is 19.5 Å². The van der Waals surface area contributed by atoms with Gasteiger partial charge in [0.25, 0.3) is 0 Å². The van der Waals surface area contributed by atoms with E-state index in [1.807, 2.05) is 25.8 Å². The van der Waals surface area contributed by atoms with Crippen LogP contribution in [0, 0.1) is 5.41 Å². The Labute approximate surface area is 103 Å². The Hall–Kier alpha value is -0.650. The first-order valence-corrected chi connectivity index (χ1v) is 6.07. The van der Waals surface area contributed by atoms with Crippen molar-refractivity contribution in [2.75, 3.05) is 40.0 Å². The van der Waals surface area contributed by atoms with Crippen LogP contribution in [0.4, 0.5) is 0 Å². The molecule has 1 heterocycles. The zero-order chi connectivity index (χ0) is 12.9. The minimum Gasteiger partial charge on any atom is -0.481 e. The molecule has 0 aromatic heterocycles. The van der Waals surface area contributed by atoms with Gasteiger partial charge in [-0.2, -0.15) is 0 Å². The van der Waals surface area contributed by atoms with Gasteiger partial charge in [0.2, 0.25) is 0 Å². The third-order valence-electron chi connectivity index (χ3n) is 3.05. The molecule has 1 saturated heterocycles. The third kappa shape index (κ3) is 4.26. The third-order valence-corrected chi connectivity index (χ3v) is 3.05. The van der Waals surface area contributed by atoms with Crippen LogP contribution < -0.4 is 0 Å². The number of ether oxygens (including phenoxy) is 2. The van der Waals surface area contributed by atoms with Crippen LogP contribution in [0.5, 0.6) is 0 Å². The van der Waals surface area contributed by atoms with Crippen LogP contribution >= 0.6 is 0 Å². The molecule has 1 rings (SSSR count). The lowest BCUT2D eigenvalue weighted by Crippen LogP contribution is -2.43. The highest BCUT2D eigenvalue weighted by molar-refractivity contribution is 5.75. The number of nitrogens with zero attached hydrogens (tertiary/aromatic N) is 1. The number of likely N-dealkylation sites (N-methyl/N-ethyl adjacent to an activating group) is 1. The maximum absolute atomic E-state index is 11.3. The first kappa shape index (κ1) is 14.4. The Morgan fingerprint density at radius 3 is 2.76 bits per heavy atom. The first-order valence-electron chi connectivity index (χ1n) is 6.07. The minimum absolute atomic E-state index is 0.214. The zero-order valence-electron chi connectivity index (χ0n) is 10.9. The number of rotatable bonds is 7. The number of carboxylic acid groups (broad SMARTS) is 1. The van der Waals surface area contributed by atoms with Crippen molar-refractivity contribution in [3.05, 3.63) is 0 Å². The van der Waals surface area contributed by atoms with Gasteiger partial charge >= 0.3 is 5.97 Å². The van der Waals surface area contributed by atoms with Gasteiger partial charge in [-0.15, -0.1) is 0 Å². The summed E-state index contributed by atoms with van der Waals surface area (Å²) in [5.41, 5.74) is -0.730. The second kappa shape index (κ2) is 6.33. The van der Waals surface area contributed by atoms with Gasteiger partial charge in [0.05, 0.1) is 19.3 Å². The van der Waals surface area contributed by atoms with Crippen LogP contribution in [0.3, 0.4) is 0 Å². The lowest BCUT2D eigenvalue weighted by atomic mass is 9.87. The Balaban J connectivity index is 2.37. The maximum atomic E-state index is 11.3. The van der Waals surface area contributed by atoms with E-state index in [2.05, 4.69) is 0 Å². The fourth-order valence-corrected chi connectivity index (χ4v) is 2.01. The van der Waals surface area contributed by atoms with Crippen molar-refractivity contribution in [1.82, 2.24) is 4.90 Å². The Bertz CT molecular complexity index is 249. The molecule has 0 radical (unpaired) electrons. The summed E-state index contributed by atoms with van der Waals surface area (Å²) in [7, 11) is 1.92. The van der Waals surface area contributed by atoms with Crippen molar-refractivity contribution in [2.45, 2.75) is 26.4 Å². The lowest BCUT2D eigenvalue weighted by Gasteiger charge is -2.28. The van der Waals surface area contributed by atoms with Crippen LogP contribution in [0.15, 0.2) is 0 Å². The quantitative estimate of drug-likeness (QED) is 0.720. The van der Waals surface area contributed by atoms with Crippen molar-refractivity contribution in [3.63, 3.8) is 0 Å². The fourth-order valence-electron chi connectivity index (χ4n) is 2.01. The van der Waals surface area contributed by atoms with Gasteiger partial charge in [-0.05, 0) is 27.3 Å². The van der Waals surface area contributed by atoms with Crippen LogP contribution in [0.25, 0.3) is 0 Å². The monoisotopic (exact) mass is 245 g/mol. The molecule has 100 valence electrons. The summed E-state index contributed by atoms with van der Waals surface area (Å²) in [6.07, 6.45) is 0.809. The normalized spacial score (nSPS) is 24.8. The molecule has 0 bridgehead atoms. The molecule has 1 atom stereocenters. The van der Waals surface area contributed by atoms with E-state index in [0.29, 0.717) is 32.8 Å². The van der Waals surface area contributed by atoms with Crippen LogP contribution in [0.2, 0.25) is 0 Å². The summed E-state index contributed by atoms with van der Waals surface area (Å²) in [5, 5.41) is 9.29. The van der Waals surface area contributed by atoms with E-state index in [-0.39, 0.29) is 6.10 Å². The predicted molar refractivity (Wildman–Crippen MR) is 64.1 cm³/mol. The second-order valence-electron chi connectivity index (χ2n) is 5.05. The summed E-state index contributed by atoms with van der Waals surface area (Å²) in [6, 6.07) is 0. The molecule has 5 nitrogen and oxygen atoms in total. The highest BCUT2D eigenvalue weighted by Crippen LogP contribution is 2.29. The average molecular weight is 245 g/mol. The van der Waals surface area contributed by atoms with Gasteiger partial charge in [-0.1, -0.05) is 0 Å². The molecule has 0 aromatic rings. The topological polar surface area (TPSA) is 59.0 Å². The highest BCUT2D eigenvalue weighted by atomic mass is 16.5. The van der Waals surface area contributed by atoms with E-state index in [1.54, 1.807) is 0 Å². The van der Waals surface area contributed by atoms with Crippen molar-refractivity contribution in [3.8, 4) is 0 Å². The molecule has 1 aliphatic heterocycles. The SMILES string of the molecule is CC(C)OCCN(C)CC1(C(=O)O)CCOC1. The van der Waals surface area contributed by atoms with E-state index in [0.717, 1.165) is 6.54 Å². The Kier molecular flexibility index (Phi) is 5.36. The van der Waals surface area contributed by atoms with Crippen LogP contribution in [-0.4, -0.2) is 62.0 Å². The molecule has 0 saturated carbocycles. The molecule has 1 unspecified atom stereocenters. The first-order chi connectivity index (χ1) is 7.96. The van der Waals surface area contributed by atoms with E-state index in [1.165, 1.54) is 0 Å². The zero-order valence-corrected chi connectivity index (χ0v) is 10.9. The molecule has 1 aliphatic rings. The molecular weight excluding hydrogens is 222 g/mol. The number of carbonyl (C=O) groups is 1. The van der Waals surface area contributed by atoms with E-state index < -0.39 is 11.4 Å². The molecule has 0 aromatic carbocycles. The Morgan fingerprint density at radius 1 is 1.59 bits per heavy atom. The number of hydrogen-bond donors (Lipinski definition) is 1. The van der Waals surface area contributed by atoms with Gasteiger partial charge in [-0.3, -0.25) is 4.79 Å². The lowest BCUT2D eigenvalue weighted by molar-refractivity contribution is -0.150.